The molecule has 0 aromatic heterocycles. The van der Waals surface area contributed by atoms with E-state index in [0.29, 0.717) is 43.0 Å². The van der Waals surface area contributed by atoms with Crippen LogP contribution in [0.3, 0.4) is 0 Å². The zero-order valence-electron chi connectivity index (χ0n) is 22.1. The van der Waals surface area contributed by atoms with E-state index in [1.807, 2.05) is 27.8 Å². The third-order valence-corrected chi connectivity index (χ3v) is 8.04. The van der Waals surface area contributed by atoms with Crippen LogP contribution in [0.5, 0.6) is 5.75 Å². The van der Waals surface area contributed by atoms with Crippen LogP contribution in [0, 0.1) is 5.41 Å². The molecule has 1 aliphatic carbocycles. The molecule has 2 amide bonds. The van der Waals surface area contributed by atoms with Crippen LogP contribution in [-0.2, 0) is 15.0 Å². The number of rotatable bonds is 6. The van der Waals surface area contributed by atoms with Crippen molar-refractivity contribution in [3.05, 3.63) is 29.3 Å². The molecule has 0 spiro atoms. The number of carbonyl (C=O) groups is 3. The first-order valence-corrected chi connectivity index (χ1v) is 12.6. The third kappa shape index (κ3) is 5.32. The first-order valence-electron chi connectivity index (χ1n) is 12.6. The molecular formula is C27H41N3O5. The molecule has 8 nitrogen and oxygen atoms in total. The number of likely N-dealkylation sites (tertiary alicyclic amines) is 1. The minimum atomic E-state index is -1.06. The molecule has 1 heterocycles. The van der Waals surface area contributed by atoms with Crippen molar-refractivity contribution < 1.29 is 24.6 Å². The summed E-state index contributed by atoms with van der Waals surface area (Å²) in [5, 5.41) is 23.2. The van der Waals surface area contributed by atoms with Crippen LogP contribution in [0.2, 0.25) is 0 Å². The lowest BCUT2D eigenvalue weighted by Gasteiger charge is -2.48. The number of aromatic hydroxyl groups is 1. The van der Waals surface area contributed by atoms with Gasteiger partial charge in [-0.05, 0) is 77.1 Å². The predicted octanol–water partition coefficient (Wildman–Crippen LogP) is 3.37. The van der Waals surface area contributed by atoms with Gasteiger partial charge in [-0.25, -0.2) is 0 Å². The Balaban J connectivity index is 1.75. The highest BCUT2D eigenvalue weighted by molar-refractivity contribution is 5.98. The molecule has 1 aromatic carbocycles. The molecule has 3 rings (SSSR count). The van der Waals surface area contributed by atoms with Gasteiger partial charge in [0, 0.05) is 35.8 Å². The maximum absolute atomic E-state index is 13.4. The molecule has 0 radical (unpaired) electrons. The van der Waals surface area contributed by atoms with Crippen LogP contribution in [0.1, 0.15) is 83.1 Å². The molecule has 3 N–H and O–H groups in total. The molecule has 4 atom stereocenters. The summed E-state index contributed by atoms with van der Waals surface area (Å²) in [4.78, 5) is 42.7. The fourth-order valence-corrected chi connectivity index (χ4v) is 5.56. The zero-order chi connectivity index (χ0) is 26.3. The molecule has 1 saturated carbocycles. The number of hydrogen-bond acceptors (Lipinski definition) is 5. The van der Waals surface area contributed by atoms with Crippen molar-refractivity contribution in [1.29, 1.82) is 0 Å². The molecule has 1 aliphatic heterocycles. The minimum Gasteiger partial charge on any atom is -0.508 e. The number of carboxylic acids is 1. The van der Waals surface area contributed by atoms with Gasteiger partial charge < -0.3 is 25.3 Å². The number of amides is 2. The summed E-state index contributed by atoms with van der Waals surface area (Å²) >= 11 is 0. The van der Waals surface area contributed by atoms with E-state index in [4.69, 9.17) is 0 Å². The van der Waals surface area contributed by atoms with Crippen molar-refractivity contribution in [2.75, 3.05) is 13.6 Å². The summed E-state index contributed by atoms with van der Waals surface area (Å²) < 4.78 is 0. The smallest absolute Gasteiger partial charge is 0.311 e. The van der Waals surface area contributed by atoms with E-state index in [0.717, 1.165) is 6.42 Å². The van der Waals surface area contributed by atoms with Gasteiger partial charge in [0.1, 0.15) is 11.8 Å². The standard InChI is InChI=1S/C27H41N3O5/c1-16(2)29(7)18-9-11-22(27(6,15-18)25(34)35)30-13-12-20(24(30)33)28-23(32)17-8-10-21(31)19(14-17)26(3,4)5/h8,10,14,16,18,20,22,31H,9,11-13,15H2,1-7H3,(H,28,32)(H,34,35)/t18-,20+,22+,27+/m1/s1. The number of carbonyl (C=O) groups excluding carboxylic acids is 2. The Morgan fingerprint density at radius 1 is 1.20 bits per heavy atom. The highest BCUT2D eigenvalue weighted by Gasteiger charge is 2.52. The summed E-state index contributed by atoms with van der Waals surface area (Å²) in [6, 6.07) is 4.06. The van der Waals surface area contributed by atoms with Gasteiger partial charge in [0.15, 0.2) is 0 Å². The van der Waals surface area contributed by atoms with Crippen LogP contribution < -0.4 is 5.32 Å². The molecule has 0 unspecified atom stereocenters. The van der Waals surface area contributed by atoms with E-state index < -0.39 is 23.5 Å². The van der Waals surface area contributed by atoms with Crippen molar-refractivity contribution in [2.24, 2.45) is 5.41 Å². The molecule has 35 heavy (non-hydrogen) atoms. The highest BCUT2D eigenvalue weighted by Crippen LogP contribution is 2.42. The van der Waals surface area contributed by atoms with Crippen LogP contribution in [-0.4, -0.2) is 75.6 Å². The lowest BCUT2D eigenvalue weighted by Crippen LogP contribution is -2.58. The van der Waals surface area contributed by atoms with Gasteiger partial charge in [0.05, 0.1) is 5.41 Å². The minimum absolute atomic E-state index is 0.129. The van der Waals surface area contributed by atoms with Crippen molar-refractivity contribution in [1.82, 2.24) is 15.1 Å². The van der Waals surface area contributed by atoms with Gasteiger partial charge in [-0.2, -0.15) is 0 Å². The Morgan fingerprint density at radius 3 is 2.43 bits per heavy atom. The number of hydrogen-bond donors (Lipinski definition) is 3. The van der Waals surface area contributed by atoms with Crippen LogP contribution >= 0.6 is 0 Å². The van der Waals surface area contributed by atoms with E-state index in [1.165, 1.54) is 6.07 Å². The van der Waals surface area contributed by atoms with Gasteiger partial charge >= 0.3 is 5.97 Å². The normalized spacial score (nSPS) is 27.5. The molecule has 1 saturated heterocycles. The first-order chi connectivity index (χ1) is 16.2. The number of carboxylic acid groups (broad SMARTS) is 1. The summed E-state index contributed by atoms with van der Waals surface area (Å²) in [5.41, 5.74) is -0.361. The van der Waals surface area contributed by atoms with Crippen molar-refractivity contribution in [2.45, 2.75) is 96.8 Å². The molecule has 2 aliphatic rings. The van der Waals surface area contributed by atoms with Crippen LogP contribution in [0.4, 0.5) is 0 Å². The van der Waals surface area contributed by atoms with Gasteiger partial charge in [-0.3, -0.25) is 14.4 Å². The Labute approximate surface area is 208 Å². The van der Waals surface area contributed by atoms with Crippen molar-refractivity contribution in [3.63, 3.8) is 0 Å². The second-order valence-electron chi connectivity index (χ2n) is 11.8. The number of benzene rings is 1. The lowest BCUT2D eigenvalue weighted by atomic mass is 9.68. The Hall–Kier alpha value is -2.61. The van der Waals surface area contributed by atoms with E-state index in [1.54, 1.807) is 24.0 Å². The Kier molecular flexibility index (Phi) is 7.56. The molecule has 2 fully saturated rings. The lowest BCUT2D eigenvalue weighted by molar-refractivity contribution is -0.159. The van der Waals surface area contributed by atoms with Gasteiger partial charge in [0.2, 0.25) is 5.91 Å². The number of nitrogens with zero attached hydrogens (tertiary/aromatic N) is 2. The van der Waals surface area contributed by atoms with E-state index in [2.05, 4.69) is 24.1 Å². The van der Waals surface area contributed by atoms with Gasteiger partial charge in [-0.1, -0.05) is 20.8 Å². The summed E-state index contributed by atoms with van der Waals surface area (Å²) in [6.45, 7) is 12.2. The van der Waals surface area contributed by atoms with Crippen molar-refractivity contribution >= 4 is 17.8 Å². The number of nitrogens with one attached hydrogen (secondary N) is 1. The zero-order valence-corrected chi connectivity index (χ0v) is 22.1. The molecule has 8 heteroatoms. The second kappa shape index (κ2) is 9.80. The first kappa shape index (κ1) is 27.0. The number of phenolic OH excluding ortho intramolecular Hbond substituents is 1. The van der Waals surface area contributed by atoms with E-state index in [9.17, 15) is 24.6 Å². The quantitative estimate of drug-likeness (QED) is 0.568. The largest absolute Gasteiger partial charge is 0.508 e. The SMILES string of the molecule is CC(C)N(C)[C@@H]1CC[C@H](N2CC[C@H](NC(=O)c3ccc(O)c(C(C)(C)C)c3)C2=O)[C@@](C)(C(=O)O)C1. The highest BCUT2D eigenvalue weighted by atomic mass is 16.4. The van der Waals surface area contributed by atoms with Crippen LogP contribution in [0.15, 0.2) is 18.2 Å². The topological polar surface area (TPSA) is 110 Å². The number of aliphatic carboxylic acids is 1. The third-order valence-electron chi connectivity index (χ3n) is 8.04. The average Bonchev–Trinajstić information content (AvgIpc) is 3.12. The van der Waals surface area contributed by atoms with Crippen LogP contribution in [0.25, 0.3) is 0 Å². The van der Waals surface area contributed by atoms with Gasteiger partial charge in [-0.15, -0.1) is 0 Å². The van der Waals surface area contributed by atoms with E-state index >= 15 is 0 Å². The Bertz CT molecular complexity index is 986. The fourth-order valence-electron chi connectivity index (χ4n) is 5.56. The molecule has 0 bridgehead atoms. The van der Waals surface area contributed by atoms with Gasteiger partial charge in [0.25, 0.3) is 5.91 Å². The maximum Gasteiger partial charge on any atom is 0.311 e. The monoisotopic (exact) mass is 487 g/mol. The molecular weight excluding hydrogens is 446 g/mol. The summed E-state index contributed by atoms with van der Waals surface area (Å²) in [6.07, 6.45) is 2.36. The number of phenols is 1. The Morgan fingerprint density at radius 2 is 1.86 bits per heavy atom. The molecule has 1 aromatic rings. The van der Waals surface area contributed by atoms with Crippen molar-refractivity contribution in [3.8, 4) is 5.75 Å². The second-order valence-corrected chi connectivity index (χ2v) is 11.8. The molecule has 194 valence electrons. The maximum atomic E-state index is 13.4. The predicted molar refractivity (Wildman–Crippen MR) is 134 cm³/mol. The fraction of sp³-hybridized carbons (Fsp3) is 0.667. The average molecular weight is 488 g/mol. The summed E-state index contributed by atoms with van der Waals surface area (Å²) in [7, 11) is 2.03. The van der Waals surface area contributed by atoms with E-state index in [-0.39, 0.29) is 29.0 Å². The summed E-state index contributed by atoms with van der Waals surface area (Å²) in [5.74, 6) is -1.35.